The Labute approximate surface area is 128 Å². The number of hydrogen-bond acceptors (Lipinski definition) is 3. The molecule has 0 fully saturated rings. The molecule has 0 aliphatic carbocycles. The Kier molecular flexibility index (Phi) is 5.56. The van der Waals surface area contributed by atoms with Crippen LogP contribution in [0, 0.1) is 0 Å². The first-order valence-corrected chi connectivity index (χ1v) is 7.52. The van der Waals surface area contributed by atoms with E-state index in [0.29, 0.717) is 6.61 Å². The highest BCUT2D eigenvalue weighted by Crippen LogP contribution is 2.25. The smallest absolute Gasteiger partial charge is 0.137 e. The van der Waals surface area contributed by atoms with E-state index in [4.69, 9.17) is 4.74 Å². The fourth-order valence-electron chi connectivity index (χ4n) is 2.14. The molecule has 0 spiro atoms. The van der Waals surface area contributed by atoms with Crippen LogP contribution in [0.1, 0.15) is 24.1 Å². The topological polar surface area (TPSA) is 34.1 Å². The lowest BCUT2D eigenvalue weighted by Crippen LogP contribution is -2.19. The molecule has 1 unspecified atom stereocenters. The molecule has 106 valence electrons. The van der Waals surface area contributed by atoms with Crippen LogP contribution in [-0.2, 0) is 6.42 Å². The van der Waals surface area contributed by atoms with Crippen molar-refractivity contribution in [1.82, 2.24) is 10.3 Å². The van der Waals surface area contributed by atoms with Crippen LogP contribution >= 0.6 is 15.9 Å². The maximum atomic E-state index is 5.52. The molecule has 1 aromatic heterocycles. The third-order valence-electron chi connectivity index (χ3n) is 3.18. The van der Waals surface area contributed by atoms with Crippen LogP contribution < -0.4 is 10.1 Å². The van der Waals surface area contributed by atoms with Crippen molar-refractivity contribution in [3.8, 4) is 5.75 Å². The molecule has 1 atom stereocenters. The summed E-state index contributed by atoms with van der Waals surface area (Å²) in [6.07, 6.45) is 4.54. The van der Waals surface area contributed by atoms with Crippen molar-refractivity contribution in [1.29, 1.82) is 0 Å². The number of hydrogen-bond donors (Lipinski definition) is 1. The average Bonchev–Trinajstić information content (AvgIpc) is 2.47. The van der Waals surface area contributed by atoms with Crippen molar-refractivity contribution >= 4 is 15.9 Å². The highest BCUT2D eigenvalue weighted by Gasteiger charge is 2.13. The van der Waals surface area contributed by atoms with Crippen molar-refractivity contribution in [3.05, 3.63) is 58.3 Å². The summed E-state index contributed by atoms with van der Waals surface area (Å²) in [6.45, 7) is 2.63. The van der Waals surface area contributed by atoms with E-state index in [1.54, 1.807) is 6.20 Å². The summed E-state index contributed by atoms with van der Waals surface area (Å²) in [4.78, 5) is 4.26. The largest absolute Gasteiger partial charge is 0.492 e. The molecule has 1 N–H and O–H groups in total. The maximum absolute atomic E-state index is 5.52. The van der Waals surface area contributed by atoms with Crippen molar-refractivity contribution in [2.45, 2.75) is 19.4 Å². The van der Waals surface area contributed by atoms with Gasteiger partial charge in [0.05, 0.1) is 12.8 Å². The average molecular weight is 335 g/mol. The first-order valence-electron chi connectivity index (χ1n) is 6.73. The van der Waals surface area contributed by atoms with Crippen molar-refractivity contribution < 1.29 is 4.74 Å². The lowest BCUT2D eigenvalue weighted by atomic mass is 10.0. The number of aromatic nitrogens is 1. The van der Waals surface area contributed by atoms with Gasteiger partial charge in [0.2, 0.25) is 0 Å². The molecular formula is C16H19BrN2O. The monoisotopic (exact) mass is 334 g/mol. The molecule has 4 heteroatoms. The van der Waals surface area contributed by atoms with Crippen molar-refractivity contribution in [3.63, 3.8) is 0 Å². The van der Waals surface area contributed by atoms with Crippen molar-refractivity contribution in [2.75, 3.05) is 13.7 Å². The lowest BCUT2D eigenvalue weighted by Gasteiger charge is -2.18. The summed E-state index contributed by atoms with van der Waals surface area (Å²) < 4.78 is 6.65. The van der Waals surface area contributed by atoms with Gasteiger partial charge in [-0.05, 0) is 43.7 Å². The number of ether oxygens (including phenoxy) is 1. The Bertz CT molecular complexity index is 560. The summed E-state index contributed by atoms with van der Waals surface area (Å²) >= 11 is 3.60. The molecular weight excluding hydrogens is 316 g/mol. The number of rotatable bonds is 6. The Morgan fingerprint density at radius 1 is 1.30 bits per heavy atom. The van der Waals surface area contributed by atoms with Gasteiger partial charge in [-0.3, -0.25) is 4.98 Å². The zero-order chi connectivity index (χ0) is 14.4. The van der Waals surface area contributed by atoms with Gasteiger partial charge in [-0.25, -0.2) is 0 Å². The van der Waals surface area contributed by atoms with Gasteiger partial charge in [-0.15, -0.1) is 0 Å². The number of benzene rings is 1. The second-order valence-electron chi connectivity index (χ2n) is 4.52. The molecule has 0 aliphatic rings. The molecule has 0 saturated heterocycles. The molecule has 2 rings (SSSR count). The lowest BCUT2D eigenvalue weighted by molar-refractivity contribution is 0.338. The fraction of sp³-hybridized carbons (Fsp3) is 0.312. The van der Waals surface area contributed by atoms with Gasteiger partial charge in [0.15, 0.2) is 0 Å². The predicted octanol–water partition coefficient (Wildman–Crippen LogP) is 3.75. The molecule has 0 radical (unpaired) electrons. The minimum Gasteiger partial charge on any atom is -0.492 e. The van der Waals surface area contributed by atoms with E-state index < -0.39 is 0 Å². The summed E-state index contributed by atoms with van der Waals surface area (Å²) in [7, 11) is 1.97. The Morgan fingerprint density at radius 2 is 2.10 bits per heavy atom. The van der Waals surface area contributed by atoms with Crippen LogP contribution in [-0.4, -0.2) is 18.6 Å². The minimum atomic E-state index is 0.210. The van der Waals surface area contributed by atoms with Gasteiger partial charge in [0, 0.05) is 16.7 Å². The first kappa shape index (κ1) is 15.0. The standard InChI is InChI=1S/C16H19BrN2O/c1-3-20-14-8-13(10-19-11-14)16(18-2)9-12-6-4-5-7-15(12)17/h4-8,10-11,16,18H,3,9H2,1-2H3. The Balaban J connectivity index is 2.20. The van der Waals surface area contributed by atoms with Crippen LogP contribution in [0.15, 0.2) is 47.2 Å². The van der Waals surface area contributed by atoms with Crippen LogP contribution in [0.25, 0.3) is 0 Å². The van der Waals surface area contributed by atoms with Gasteiger partial charge in [-0.1, -0.05) is 34.1 Å². The predicted molar refractivity (Wildman–Crippen MR) is 85.1 cm³/mol. The van der Waals surface area contributed by atoms with Gasteiger partial charge in [-0.2, -0.15) is 0 Å². The number of likely N-dealkylation sites (N-methyl/N-ethyl adjacent to an activating group) is 1. The van der Waals surface area contributed by atoms with E-state index in [9.17, 15) is 0 Å². The van der Waals surface area contributed by atoms with Crippen LogP contribution in [0.4, 0.5) is 0 Å². The number of nitrogens with zero attached hydrogens (tertiary/aromatic N) is 1. The Morgan fingerprint density at radius 3 is 2.80 bits per heavy atom. The van der Waals surface area contributed by atoms with Gasteiger partial charge in [0.1, 0.15) is 5.75 Å². The summed E-state index contributed by atoms with van der Waals surface area (Å²) in [5.41, 5.74) is 2.41. The highest BCUT2D eigenvalue weighted by atomic mass is 79.9. The van der Waals surface area contributed by atoms with Gasteiger partial charge >= 0.3 is 0 Å². The van der Waals surface area contributed by atoms with Gasteiger partial charge in [0.25, 0.3) is 0 Å². The molecule has 0 bridgehead atoms. The van der Waals surface area contributed by atoms with E-state index in [1.807, 2.05) is 26.2 Å². The molecule has 0 saturated carbocycles. The zero-order valence-electron chi connectivity index (χ0n) is 11.8. The van der Waals surface area contributed by atoms with Crippen LogP contribution in [0.5, 0.6) is 5.75 Å². The zero-order valence-corrected chi connectivity index (χ0v) is 13.4. The summed E-state index contributed by atoms with van der Waals surface area (Å²) in [6, 6.07) is 10.5. The summed E-state index contributed by atoms with van der Waals surface area (Å²) in [5.74, 6) is 0.817. The van der Waals surface area contributed by atoms with E-state index in [0.717, 1.165) is 22.2 Å². The molecule has 0 aliphatic heterocycles. The molecule has 20 heavy (non-hydrogen) atoms. The summed E-state index contributed by atoms with van der Waals surface area (Å²) in [5, 5.41) is 3.35. The van der Waals surface area contributed by atoms with Crippen LogP contribution in [0.2, 0.25) is 0 Å². The first-order chi connectivity index (χ1) is 9.74. The molecule has 1 aromatic carbocycles. The molecule has 3 nitrogen and oxygen atoms in total. The van der Waals surface area contributed by atoms with Crippen molar-refractivity contribution in [2.24, 2.45) is 0 Å². The third-order valence-corrected chi connectivity index (χ3v) is 3.95. The SMILES string of the molecule is CCOc1cncc(C(Cc2ccccc2Br)NC)c1. The highest BCUT2D eigenvalue weighted by molar-refractivity contribution is 9.10. The van der Waals surface area contributed by atoms with E-state index in [1.165, 1.54) is 5.56 Å². The third kappa shape index (κ3) is 3.81. The minimum absolute atomic E-state index is 0.210. The quantitative estimate of drug-likeness (QED) is 0.873. The van der Waals surface area contributed by atoms with E-state index >= 15 is 0 Å². The van der Waals surface area contributed by atoms with Crippen LogP contribution in [0.3, 0.4) is 0 Å². The number of nitrogens with one attached hydrogen (secondary N) is 1. The maximum Gasteiger partial charge on any atom is 0.137 e. The van der Waals surface area contributed by atoms with Gasteiger partial charge < -0.3 is 10.1 Å². The van der Waals surface area contributed by atoms with E-state index in [-0.39, 0.29) is 6.04 Å². The molecule has 2 aromatic rings. The van der Waals surface area contributed by atoms with E-state index in [2.05, 4.69) is 50.5 Å². The fourth-order valence-corrected chi connectivity index (χ4v) is 2.59. The Hall–Kier alpha value is -1.39. The molecule has 1 heterocycles. The second kappa shape index (κ2) is 7.41. The number of pyridine rings is 1. The number of halogens is 1. The molecule has 0 amide bonds. The normalized spacial score (nSPS) is 12.2. The second-order valence-corrected chi connectivity index (χ2v) is 5.38.